The Morgan fingerprint density at radius 2 is 2.00 bits per heavy atom. The van der Waals surface area contributed by atoms with Gasteiger partial charge < -0.3 is 9.67 Å². The van der Waals surface area contributed by atoms with Gasteiger partial charge >= 0.3 is 5.97 Å². The molecular weight excluding hydrogens is 216 g/mol. The zero-order valence-electron chi connectivity index (χ0n) is 10.7. The molecule has 0 saturated heterocycles. The van der Waals surface area contributed by atoms with E-state index in [9.17, 15) is 9.90 Å². The number of carboxylic acids is 1. The number of fused-ring (bicyclic) bond motifs is 1. The Labute approximate surface area is 102 Å². The van der Waals surface area contributed by atoms with Crippen molar-refractivity contribution in [1.82, 2.24) is 9.55 Å². The number of aromatic nitrogens is 2. The van der Waals surface area contributed by atoms with Crippen LogP contribution < -0.4 is 0 Å². The Balaban J connectivity index is 2.49. The molecule has 0 amide bonds. The molecule has 4 nitrogen and oxygen atoms in total. The molecule has 1 unspecified atom stereocenters. The number of aliphatic carboxylic acids is 1. The van der Waals surface area contributed by atoms with Crippen molar-refractivity contribution in [1.29, 1.82) is 0 Å². The molecular formula is C13H20N2O2. The van der Waals surface area contributed by atoms with Gasteiger partial charge in [-0.15, -0.1) is 0 Å². The first-order valence-electron chi connectivity index (χ1n) is 6.31. The van der Waals surface area contributed by atoms with E-state index in [1.54, 1.807) is 0 Å². The Morgan fingerprint density at radius 1 is 1.35 bits per heavy atom. The van der Waals surface area contributed by atoms with Crippen molar-refractivity contribution in [2.75, 3.05) is 0 Å². The van der Waals surface area contributed by atoms with E-state index in [-0.39, 0.29) is 5.92 Å². The minimum atomic E-state index is -0.756. The van der Waals surface area contributed by atoms with Crippen molar-refractivity contribution in [2.24, 2.45) is 5.92 Å². The van der Waals surface area contributed by atoms with Crippen molar-refractivity contribution >= 4 is 5.97 Å². The lowest BCUT2D eigenvalue weighted by Crippen LogP contribution is -2.27. The van der Waals surface area contributed by atoms with Crippen LogP contribution in [-0.4, -0.2) is 20.6 Å². The molecule has 0 bridgehead atoms. The van der Waals surface area contributed by atoms with Crippen LogP contribution in [0.3, 0.4) is 0 Å². The number of carbonyl (C=O) groups is 1. The first-order chi connectivity index (χ1) is 8.02. The summed E-state index contributed by atoms with van der Waals surface area (Å²) in [5, 5.41) is 9.39. The van der Waals surface area contributed by atoms with Crippen molar-refractivity contribution in [3.05, 3.63) is 17.2 Å². The second-order valence-electron chi connectivity index (χ2n) is 5.16. The normalized spacial score (nSPS) is 16.9. The quantitative estimate of drug-likeness (QED) is 0.876. The van der Waals surface area contributed by atoms with Crippen LogP contribution in [0, 0.1) is 12.8 Å². The Bertz CT molecular complexity index is 435. The van der Waals surface area contributed by atoms with Crippen molar-refractivity contribution in [3.63, 3.8) is 0 Å². The average Bonchev–Trinajstić information content (AvgIpc) is 2.55. The van der Waals surface area contributed by atoms with E-state index < -0.39 is 12.0 Å². The molecule has 1 heterocycles. The second kappa shape index (κ2) is 4.51. The first kappa shape index (κ1) is 12.1. The molecule has 17 heavy (non-hydrogen) atoms. The molecule has 1 aromatic heterocycles. The zero-order chi connectivity index (χ0) is 12.6. The van der Waals surface area contributed by atoms with Crippen molar-refractivity contribution < 1.29 is 9.90 Å². The van der Waals surface area contributed by atoms with E-state index in [4.69, 9.17) is 0 Å². The molecule has 1 aliphatic carbocycles. The molecule has 4 heteroatoms. The lowest BCUT2D eigenvalue weighted by atomic mass is 9.98. The fraction of sp³-hybridized carbons (Fsp3) is 0.692. The van der Waals surface area contributed by atoms with Crippen LogP contribution in [0.5, 0.6) is 0 Å². The molecule has 1 aromatic rings. The van der Waals surface area contributed by atoms with E-state index in [0.717, 1.165) is 36.5 Å². The maximum Gasteiger partial charge on any atom is 0.327 e. The third-order valence-corrected chi connectivity index (χ3v) is 3.51. The monoisotopic (exact) mass is 236 g/mol. The lowest BCUT2D eigenvalue weighted by molar-refractivity contribution is -0.142. The molecule has 94 valence electrons. The van der Waals surface area contributed by atoms with E-state index >= 15 is 0 Å². The van der Waals surface area contributed by atoms with E-state index in [1.165, 1.54) is 6.42 Å². The van der Waals surface area contributed by atoms with Gasteiger partial charge in [0, 0.05) is 5.69 Å². The summed E-state index contributed by atoms with van der Waals surface area (Å²) in [7, 11) is 0. The number of hydrogen-bond acceptors (Lipinski definition) is 2. The summed E-state index contributed by atoms with van der Waals surface area (Å²) in [5.41, 5.74) is 2.26. The number of carboxylic acid groups (broad SMARTS) is 1. The van der Waals surface area contributed by atoms with Crippen LogP contribution in [0.2, 0.25) is 0 Å². The molecule has 1 aliphatic rings. The Hall–Kier alpha value is -1.32. The number of aryl methyl sites for hydroxylation is 2. The summed E-state index contributed by atoms with van der Waals surface area (Å²) in [5.74, 6) is 0.165. The van der Waals surface area contributed by atoms with E-state index in [2.05, 4.69) is 4.98 Å². The van der Waals surface area contributed by atoms with Gasteiger partial charge in [0.25, 0.3) is 0 Å². The molecule has 0 aliphatic heterocycles. The minimum absolute atomic E-state index is 0.0754. The summed E-state index contributed by atoms with van der Waals surface area (Å²) in [6, 6.07) is -0.482. The van der Waals surface area contributed by atoms with Gasteiger partial charge in [-0.1, -0.05) is 13.8 Å². The topological polar surface area (TPSA) is 55.1 Å². The van der Waals surface area contributed by atoms with Gasteiger partial charge in [0.2, 0.25) is 0 Å². The maximum absolute atomic E-state index is 11.4. The third kappa shape index (κ3) is 2.08. The highest BCUT2D eigenvalue weighted by atomic mass is 16.4. The summed E-state index contributed by atoms with van der Waals surface area (Å²) < 4.78 is 1.95. The van der Waals surface area contributed by atoms with Gasteiger partial charge in [-0.25, -0.2) is 9.78 Å². The molecule has 1 atom stereocenters. The third-order valence-electron chi connectivity index (χ3n) is 3.51. The fourth-order valence-corrected chi connectivity index (χ4v) is 2.76. The van der Waals surface area contributed by atoms with Gasteiger partial charge in [0.05, 0.1) is 5.69 Å². The zero-order valence-corrected chi connectivity index (χ0v) is 10.7. The molecule has 0 radical (unpaired) electrons. The predicted molar refractivity (Wildman–Crippen MR) is 65.1 cm³/mol. The molecule has 0 saturated carbocycles. The SMILES string of the molecule is Cc1nc2c(n1C(C(=O)O)C(C)C)CCCC2. The number of nitrogens with zero attached hydrogens (tertiary/aromatic N) is 2. The summed E-state index contributed by atoms with van der Waals surface area (Å²) in [4.78, 5) is 16.0. The Kier molecular flexibility index (Phi) is 3.22. The molecule has 0 aromatic carbocycles. The standard InChI is InChI=1S/C13H20N2O2/c1-8(2)12(13(16)17)15-9(3)14-10-6-4-5-7-11(10)15/h8,12H,4-7H2,1-3H3,(H,16,17). The average molecular weight is 236 g/mol. The first-order valence-corrected chi connectivity index (χ1v) is 6.31. The van der Waals surface area contributed by atoms with Gasteiger partial charge in [-0.05, 0) is 38.5 Å². The highest BCUT2D eigenvalue weighted by Crippen LogP contribution is 2.28. The van der Waals surface area contributed by atoms with E-state index in [0.29, 0.717) is 0 Å². The largest absolute Gasteiger partial charge is 0.480 e. The van der Waals surface area contributed by atoms with Crippen molar-refractivity contribution in [3.8, 4) is 0 Å². The predicted octanol–water partition coefficient (Wildman–Crippen LogP) is 2.35. The molecule has 2 rings (SSSR count). The van der Waals surface area contributed by atoms with Crippen LogP contribution in [0.15, 0.2) is 0 Å². The van der Waals surface area contributed by atoms with Crippen LogP contribution >= 0.6 is 0 Å². The fourth-order valence-electron chi connectivity index (χ4n) is 2.76. The summed E-state index contributed by atoms with van der Waals surface area (Å²) in [6.45, 7) is 5.82. The van der Waals surface area contributed by atoms with Gasteiger partial charge in [0.1, 0.15) is 11.9 Å². The second-order valence-corrected chi connectivity index (χ2v) is 5.16. The van der Waals surface area contributed by atoms with Gasteiger partial charge in [-0.2, -0.15) is 0 Å². The number of hydrogen-bond donors (Lipinski definition) is 1. The van der Waals surface area contributed by atoms with Gasteiger partial charge in [-0.3, -0.25) is 0 Å². The summed E-state index contributed by atoms with van der Waals surface area (Å²) in [6.07, 6.45) is 4.27. The van der Waals surface area contributed by atoms with E-state index in [1.807, 2.05) is 25.3 Å². The lowest BCUT2D eigenvalue weighted by Gasteiger charge is -2.23. The number of imidazole rings is 1. The van der Waals surface area contributed by atoms with Crippen LogP contribution in [0.1, 0.15) is 49.9 Å². The minimum Gasteiger partial charge on any atom is -0.480 e. The van der Waals surface area contributed by atoms with Crippen molar-refractivity contribution in [2.45, 2.75) is 52.5 Å². The van der Waals surface area contributed by atoms with Crippen LogP contribution in [-0.2, 0) is 17.6 Å². The maximum atomic E-state index is 11.4. The highest BCUT2D eigenvalue weighted by molar-refractivity contribution is 5.72. The molecule has 1 N–H and O–H groups in total. The molecule has 0 fully saturated rings. The smallest absolute Gasteiger partial charge is 0.327 e. The Morgan fingerprint density at radius 3 is 2.59 bits per heavy atom. The van der Waals surface area contributed by atoms with Crippen LogP contribution in [0.4, 0.5) is 0 Å². The summed E-state index contributed by atoms with van der Waals surface area (Å²) >= 11 is 0. The van der Waals surface area contributed by atoms with Crippen LogP contribution in [0.25, 0.3) is 0 Å². The number of rotatable bonds is 3. The van der Waals surface area contributed by atoms with Gasteiger partial charge in [0.15, 0.2) is 0 Å². The molecule has 0 spiro atoms. The highest BCUT2D eigenvalue weighted by Gasteiger charge is 2.29.